The van der Waals surface area contributed by atoms with Crippen LogP contribution in [-0.4, -0.2) is 53.5 Å². The van der Waals surface area contributed by atoms with Gasteiger partial charge < -0.3 is 14.7 Å². The number of ether oxygens (including phenoxy) is 1. The molecule has 1 N–H and O–H groups in total. The van der Waals surface area contributed by atoms with Gasteiger partial charge in [-0.2, -0.15) is 0 Å². The molecule has 34 heavy (non-hydrogen) atoms. The molecule has 1 saturated heterocycles. The first-order valence-corrected chi connectivity index (χ1v) is 13.6. The van der Waals surface area contributed by atoms with Gasteiger partial charge in [-0.25, -0.2) is 4.39 Å². The maximum atomic E-state index is 15.4. The van der Waals surface area contributed by atoms with Gasteiger partial charge >= 0.3 is 5.97 Å². The fourth-order valence-electron chi connectivity index (χ4n) is 4.88. The number of thioether (sulfide) groups is 1. The summed E-state index contributed by atoms with van der Waals surface area (Å²) in [5.41, 5.74) is 1.38. The molecule has 8 heteroatoms. The number of hydrogen-bond donors (Lipinski definition) is 1. The number of benzene rings is 1. The predicted molar refractivity (Wildman–Crippen MR) is 137 cm³/mol. The molecule has 0 aliphatic carbocycles. The van der Waals surface area contributed by atoms with Crippen molar-refractivity contribution in [2.75, 3.05) is 32.5 Å². The van der Waals surface area contributed by atoms with Crippen LogP contribution < -0.4 is 4.74 Å². The van der Waals surface area contributed by atoms with Crippen LogP contribution in [0.5, 0.6) is 5.75 Å². The number of pyridine rings is 1. The Bertz CT molecular complexity index is 1080. The smallest absolute Gasteiger partial charge is 0.303 e. The molecule has 1 aliphatic heterocycles. The third kappa shape index (κ3) is 6.49. The second-order valence-corrected chi connectivity index (χ2v) is 11.2. The Morgan fingerprint density at radius 3 is 3.00 bits per heavy atom. The Hall–Kier alpha value is -2.16. The van der Waals surface area contributed by atoms with Gasteiger partial charge in [0.25, 0.3) is 0 Å². The number of alkyl halides is 1. The molecule has 0 unspecified atom stereocenters. The first-order chi connectivity index (χ1) is 16.5. The summed E-state index contributed by atoms with van der Waals surface area (Å²) in [6.45, 7) is 2.66. The number of aliphatic carboxylic acids is 1. The molecule has 3 heterocycles. The number of thiophene rings is 1. The second-order valence-electron chi connectivity index (χ2n) is 8.82. The van der Waals surface area contributed by atoms with Crippen LogP contribution >= 0.6 is 23.1 Å². The van der Waals surface area contributed by atoms with Crippen LogP contribution in [0, 0.1) is 11.8 Å². The van der Waals surface area contributed by atoms with Gasteiger partial charge in [0, 0.05) is 36.8 Å². The summed E-state index contributed by atoms with van der Waals surface area (Å²) in [4.78, 5) is 18.3. The second kappa shape index (κ2) is 12.0. The van der Waals surface area contributed by atoms with Gasteiger partial charge in [0.05, 0.1) is 16.8 Å². The Morgan fingerprint density at radius 2 is 2.24 bits per heavy atom. The maximum Gasteiger partial charge on any atom is 0.303 e. The van der Waals surface area contributed by atoms with Crippen molar-refractivity contribution in [3.05, 3.63) is 53.5 Å². The van der Waals surface area contributed by atoms with Crippen molar-refractivity contribution in [3.63, 3.8) is 0 Å². The molecule has 3 aromatic rings. The number of carboxylic acid groups (broad SMARTS) is 1. The van der Waals surface area contributed by atoms with Crippen LogP contribution in [0.15, 0.2) is 52.2 Å². The van der Waals surface area contributed by atoms with Crippen LogP contribution in [0.25, 0.3) is 10.9 Å². The third-order valence-electron chi connectivity index (χ3n) is 6.67. The van der Waals surface area contributed by atoms with Crippen molar-refractivity contribution >= 4 is 40.0 Å². The molecule has 5 nitrogen and oxygen atoms in total. The summed E-state index contributed by atoms with van der Waals surface area (Å²) in [6.07, 6.45) is 2.65. The normalized spacial score (nSPS) is 19.8. The average Bonchev–Trinajstić information content (AvgIpc) is 3.36. The summed E-state index contributed by atoms with van der Waals surface area (Å²) in [7, 11) is 1.60. The zero-order valence-corrected chi connectivity index (χ0v) is 21.0. The van der Waals surface area contributed by atoms with E-state index in [0.29, 0.717) is 24.2 Å². The molecular formula is C26H31FN2O3S2. The van der Waals surface area contributed by atoms with Gasteiger partial charge in [-0.05, 0) is 78.9 Å². The lowest BCUT2D eigenvalue weighted by molar-refractivity contribution is -0.139. The van der Waals surface area contributed by atoms with Gasteiger partial charge in [-0.3, -0.25) is 9.78 Å². The van der Waals surface area contributed by atoms with E-state index in [0.717, 1.165) is 42.7 Å². The van der Waals surface area contributed by atoms with Crippen LogP contribution in [0.4, 0.5) is 4.39 Å². The van der Waals surface area contributed by atoms with E-state index in [9.17, 15) is 9.90 Å². The highest BCUT2D eigenvalue weighted by molar-refractivity contribution is 8.01. The molecule has 0 spiro atoms. The van der Waals surface area contributed by atoms with E-state index in [4.69, 9.17) is 4.74 Å². The largest absolute Gasteiger partial charge is 0.497 e. The number of carbonyl (C=O) groups is 1. The number of carboxylic acids is 1. The van der Waals surface area contributed by atoms with Crippen molar-refractivity contribution in [1.29, 1.82) is 0 Å². The SMILES string of the molecule is COc1ccc2nccc([C@H](F)CC[C@@H]3CCN(CCSc4cccs4)C[C@H]3CC(=O)O)c2c1. The van der Waals surface area contributed by atoms with Crippen molar-refractivity contribution in [2.45, 2.75) is 36.1 Å². The Kier molecular flexibility index (Phi) is 8.80. The van der Waals surface area contributed by atoms with Crippen LogP contribution in [0.1, 0.15) is 37.4 Å². The molecular weight excluding hydrogens is 471 g/mol. The fraction of sp³-hybridized carbons (Fsp3) is 0.462. The van der Waals surface area contributed by atoms with Crippen molar-refractivity contribution in [3.8, 4) is 5.75 Å². The van der Waals surface area contributed by atoms with E-state index in [1.807, 2.05) is 30.0 Å². The highest BCUT2D eigenvalue weighted by Gasteiger charge is 2.31. The summed E-state index contributed by atoms with van der Waals surface area (Å²) in [5, 5.41) is 12.3. The Balaban J connectivity index is 1.35. The lowest BCUT2D eigenvalue weighted by Gasteiger charge is -2.38. The number of fused-ring (bicyclic) bond motifs is 1. The van der Waals surface area contributed by atoms with Crippen LogP contribution in [0.2, 0.25) is 0 Å². The Morgan fingerprint density at radius 1 is 1.35 bits per heavy atom. The molecule has 0 amide bonds. The van der Waals surface area contributed by atoms with Gasteiger partial charge in [-0.15, -0.1) is 23.1 Å². The van der Waals surface area contributed by atoms with E-state index in [1.54, 1.807) is 30.7 Å². The number of piperidine rings is 1. The summed E-state index contributed by atoms with van der Waals surface area (Å²) in [5.74, 6) is 1.18. The lowest BCUT2D eigenvalue weighted by atomic mass is 9.79. The molecule has 0 saturated carbocycles. The topological polar surface area (TPSA) is 62.7 Å². The van der Waals surface area contributed by atoms with E-state index >= 15 is 4.39 Å². The molecule has 1 aliphatic rings. The number of rotatable bonds is 11. The summed E-state index contributed by atoms with van der Waals surface area (Å²) >= 11 is 3.60. The minimum Gasteiger partial charge on any atom is -0.497 e. The molecule has 3 atom stereocenters. The van der Waals surface area contributed by atoms with Gasteiger partial charge in [0.1, 0.15) is 11.9 Å². The standard InChI is InChI=1S/C26H31FN2O3S2/c1-32-20-5-7-24-22(16-20)21(8-10-28-24)23(27)6-4-18-9-11-29(17-19(18)15-25(30)31)12-14-34-26-3-2-13-33-26/h2-3,5,7-8,10,13,16,18-19,23H,4,6,9,11-12,14-15,17H2,1H3,(H,30,31)/t18-,19-,23-/m1/s1. The van der Waals surface area contributed by atoms with Crippen molar-refractivity contribution in [2.24, 2.45) is 11.8 Å². The molecule has 0 radical (unpaired) electrons. The third-order valence-corrected chi connectivity index (χ3v) is 8.78. The van der Waals surface area contributed by atoms with Gasteiger partial charge in [-0.1, -0.05) is 6.07 Å². The van der Waals surface area contributed by atoms with E-state index in [1.165, 1.54) is 4.21 Å². The highest BCUT2D eigenvalue weighted by atomic mass is 32.2. The first-order valence-electron chi connectivity index (χ1n) is 11.7. The Labute approximate surface area is 208 Å². The van der Waals surface area contributed by atoms with E-state index in [2.05, 4.69) is 27.4 Å². The first kappa shape index (κ1) is 24.9. The quantitative estimate of drug-likeness (QED) is 0.311. The van der Waals surface area contributed by atoms with Gasteiger partial charge in [0.15, 0.2) is 0 Å². The van der Waals surface area contributed by atoms with Crippen LogP contribution in [0.3, 0.4) is 0 Å². The molecule has 1 fully saturated rings. The predicted octanol–water partition coefficient (Wildman–Crippen LogP) is 6.30. The zero-order valence-electron chi connectivity index (χ0n) is 19.4. The molecule has 0 bridgehead atoms. The van der Waals surface area contributed by atoms with E-state index in [-0.39, 0.29) is 18.3 Å². The van der Waals surface area contributed by atoms with Crippen molar-refractivity contribution < 1.29 is 19.0 Å². The lowest BCUT2D eigenvalue weighted by Crippen LogP contribution is -2.42. The molecule has 182 valence electrons. The highest BCUT2D eigenvalue weighted by Crippen LogP contribution is 2.36. The average molecular weight is 503 g/mol. The minimum atomic E-state index is -1.12. The fourth-order valence-corrected chi connectivity index (χ4v) is 6.74. The van der Waals surface area contributed by atoms with Gasteiger partial charge in [0.2, 0.25) is 0 Å². The zero-order chi connectivity index (χ0) is 23.9. The van der Waals surface area contributed by atoms with Crippen molar-refractivity contribution in [1.82, 2.24) is 9.88 Å². The number of likely N-dealkylation sites (tertiary alicyclic amines) is 1. The molecule has 4 rings (SSSR count). The maximum absolute atomic E-state index is 15.4. The monoisotopic (exact) mass is 502 g/mol. The minimum absolute atomic E-state index is 0.0551. The molecule has 1 aromatic carbocycles. The number of methoxy groups -OCH3 is 1. The summed E-state index contributed by atoms with van der Waals surface area (Å²) in [6, 6.07) is 11.4. The number of halogens is 1. The number of hydrogen-bond acceptors (Lipinski definition) is 6. The summed E-state index contributed by atoms with van der Waals surface area (Å²) < 4.78 is 22.0. The molecule has 2 aromatic heterocycles. The van der Waals surface area contributed by atoms with E-state index < -0.39 is 12.1 Å². The van der Waals surface area contributed by atoms with Crippen LogP contribution in [-0.2, 0) is 4.79 Å². The number of nitrogens with zero attached hydrogens (tertiary/aromatic N) is 2. The number of aromatic nitrogens is 1.